The van der Waals surface area contributed by atoms with Gasteiger partial charge in [0, 0.05) is 37.5 Å². The van der Waals surface area contributed by atoms with Crippen molar-refractivity contribution >= 4 is 5.91 Å². The zero-order valence-corrected chi connectivity index (χ0v) is 16.5. The first-order chi connectivity index (χ1) is 14.3. The van der Waals surface area contributed by atoms with Gasteiger partial charge >= 0.3 is 0 Å². The van der Waals surface area contributed by atoms with Crippen molar-refractivity contribution < 1.29 is 4.79 Å². The second-order valence-corrected chi connectivity index (χ2v) is 8.26. The van der Waals surface area contributed by atoms with Crippen molar-refractivity contribution in [3.8, 4) is 0 Å². The van der Waals surface area contributed by atoms with E-state index in [1.54, 1.807) is 0 Å². The van der Waals surface area contributed by atoms with Crippen LogP contribution in [-0.4, -0.2) is 38.9 Å². The van der Waals surface area contributed by atoms with Gasteiger partial charge in [0.1, 0.15) is 0 Å². The zero-order chi connectivity index (χ0) is 19.6. The fourth-order valence-electron chi connectivity index (χ4n) is 4.32. The molecule has 3 aromatic rings. The minimum Gasteiger partial charge on any atom is -0.340 e. The maximum Gasteiger partial charge on any atom is 0.223 e. The summed E-state index contributed by atoms with van der Waals surface area (Å²) in [6.45, 7) is 1.51. The van der Waals surface area contributed by atoms with Crippen molar-refractivity contribution in [2.45, 2.75) is 43.6 Å². The Balaban J connectivity index is 1.29. The SMILES string of the molecule is O=C(CC(c1ccccc1)c1ccccc1)N1CCC(n2cc(C3CC3)nn2)C1. The molecule has 1 unspecified atom stereocenters. The lowest BCUT2D eigenvalue weighted by atomic mass is 9.88. The molecule has 1 aliphatic carbocycles. The topological polar surface area (TPSA) is 51.0 Å². The average molecular weight is 386 g/mol. The maximum absolute atomic E-state index is 13.2. The first-order valence-corrected chi connectivity index (χ1v) is 10.6. The summed E-state index contributed by atoms with van der Waals surface area (Å²) >= 11 is 0. The number of nitrogens with zero attached hydrogens (tertiary/aromatic N) is 4. The number of carbonyl (C=O) groups is 1. The van der Waals surface area contributed by atoms with Crippen LogP contribution in [0.3, 0.4) is 0 Å². The van der Waals surface area contributed by atoms with E-state index in [-0.39, 0.29) is 17.9 Å². The summed E-state index contributed by atoms with van der Waals surface area (Å²) in [5.41, 5.74) is 3.49. The molecule has 0 bridgehead atoms. The number of rotatable bonds is 6. The number of amides is 1. The molecule has 0 radical (unpaired) electrons. The van der Waals surface area contributed by atoms with Gasteiger partial charge in [-0.1, -0.05) is 65.9 Å². The van der Waals surface area contributed by atoms with Crippen LogP contribution >= 0.6 is 0 Å². The van der Waals surface area contributed by atoms with Crippen LogP contribution in [-0.2, 0) is 4.79 Å². The molecule has 1 saturated heterocycles. The van der Waals surface area contributed by atoms with Crippen LogP contribution < -0.4 is 0 Å². The molecule has 5 heteroatoms. The summed E-state index contributed by atoms with van der Waals surface area (Å²) in [6, 6.07) is 20.9. The number of carbonyl (C=O) groups excluding carboxylic acids is 1. The Morgan fingerprint density at radius 1 is 0.966 bits per heavy atom. The first-order valence-electron chi connectivity index (χ1n) is 10.6. The molecule has 1 saturated carbocycles. The lowest BCUT2D eigenvalue weighted by Crippen LogP contribution is -2.30. The van der Waals surface area contributed by atoms with Gasteiger partial charge in [-0.2, -0.15) is 0 Å². The van der Waals surface area contributed by atoms with E-state index in [2.05, 4.69) is 40.8 Å². The van der Waals surface area contributed by atoms with Crippen molar-refractivity contribution in [3.63, 3.8) is 0 Å². The summed E-state index contributed by atoms with van der Waals surface area (Å²) in [4.78, 5) is 15.2. The zero-order valence-electron chi connectivity index (χ0n) is 16.5. The highest BCUT2D eigenvalue weighted by atomic mass is 16.2. The van der Waals surface area contributed by atoms with Gasteiger partial charge in [-0.25, -0.2) is 4.68 Å². The second kappa shape index (κ2) is 7.82. The largest absolute Gasteiger partial charge is 0.340 e. The third kappa shape index (κ3) is 3.95. The normalized spacial score (nSPS) is 19.1. The summed E-state index contributed by atoms with van der Waals surface area (Å²) < 4.78 is 1.98. The highest BCUT2D eigenvalue weighted by Gasteiger charge is 2.32. The Bertz CT molecular complexity index is 925. The molecule has 0 spiro atoms. The number of benzene rings is 2. The van der Waals surface area contributed by atoms with Gasteiger partial charge in [0.15, 0.2) is 0 Å². The molecule has 1 aromatic heterocycles. The van der Waals surface area contributed by atoms with Crippen molar-refractivity contribution in [2.75, 3.05) is 13.1 Å². The molecular formula is C24H26N4O. The summed E-state index contributed by atoms with van der Waals surface area (Å²) in [6.07, 6.45) is 5.99. The number of likely N-dealkylation sites (tertiary alicyclic amines) is 1. The quantitative estimate of drug-likeness (QED) is 0.639. The third-order valence-electron chi connectivity index (χ3n) is 6.20. The summed E-state index contributed by atoms with van der Waals surface area (Å²) in [5.74, 6) is 0.907. The molecule has 5 rings (SSSR count). The molecule has 2 fully saturated rings. The molecule has 0 N–H and O–H groups in total. The average Bonchev–Trinajstić information content (AvgIpc) is 3.29. The maximum atomic E-state index is 13.2. The van der Waals surface area contributed by atoms with E-state index >= 15 is 0 Å². The molecule has 1 aliphatic heterocycles. The van der Waals surface area contributed by atoms with E-state index in [0.717, 1.165) is 25.2 Å². The van der Waals surface area contributed by atoms with Crippen LogP contribution in [0.2, 0.25) is 0 Å². The van der Waals surface area contributed by atoms with Gasteiger partial charge < -0.3 is 4.90 Å². The summed E-state index contributed by atoms with van der Waals surface area (Å²) in [7, 11) is 0. The standard InChI is InChI=1S/C24H26N4O/c29-24(15-22(18-7-3-1-4-8-18)19-9-5-2-6-10-19)27-14-13-21(16-27)28-17-23(25-26-28)20-11-12-20/h1-10,17,20-22H,11-16H2. The molecule has 148 valence electrons. The molecule has 2 heterocycles. The van der Waals surface area contributed by atoms with E-state index in [0.29, 0.717) is 12.3 Å². The second-order valence-electron chi connectivity index (χ2n) is 8.26. The van der Waals surface area contributed by atoms with Gasteiger partial charge in [0.2, 0.25) is 5.91 Å². The van der Waals surface area contributed by atoms with E-state index in [9.17, 15) is 4.79 Å². The molecule has 2 aliphatic rings. The Hall–Kier alpha value is -2.95. The smallest absolute Gasteiger partial charge is 0.223 e. The molecular weight excluding hydrogens is 360 g/mol. The summed E-state index contributed by atoms with van der Waals surface area (Å²) in [5, 5.41) is 8.67. The van der Waals surface area contributed by atoms with Crippen molar-refractivity contribution in [3.05, 3.63) is 83.7 Å². The van der Waals surface area contributed by atoms with Gasteiger partial charge in [-0.15, -0.1) is 5.10 Å². The van der Waals surface area contributed by atoms with Gasteiger partial charge in [-0.3, -0.25) is 4.79 Å². The minimum absolute atomic E-state index is 0.0804. The van der Waals surface area contributed by atoms with E-state index < -0.39 is 0 Å². The highest BCUT2D eigenvalue weighted by molar-refractivity contribution is 5.78. The highest BCUT2D eigenvalue weighted by Crippen LogP contribution is 2.39. The fourth-order valence-corrected chi connectivity index (χ4v) is 4.32. The molecule has 29 heavy (non-hydrogen) atoms. The van der Waals surface area contributed by atoms with Gasteiger partial charge in [-0.05, 0) is 30.4 Å². The van der Waals surface area contributed by atoms with E-state index in [1.165, 1.54) is 24.0 Å². The van der Waals surface area contributed by atoms with Crippen molar-refractivity contribution in [1.82, 2.24) is 19.9 Å². The van der Waals surface area contributed by atoms with Crippen LogP contribution in [0, 0.1) is 0 Å². The molecule has 2 aromatic carbocycles. The van der Waals surface area contributed by atoms with Gasteiger partial charge in [0.05, 0.1) is 11.7 Å². The van der Waals surface area contributed by atoms with Crippen LogP contribution in [0.5, 0.6) is 0 Å². The Morgan fingerprint density at radius 2 is 1.62 bits per heavy atom. The van der Waals surface area contributed by atoms with Crippen LogP contribution in [0.15, 0.2) is 66.9 Å². The first kappa shape index (κ1) is 18.1. The third-order valence-corrected chi connectivity index (χ3v) is 6.20. The van der Waals surface area contributed by atoms with E-state index in [4.69, 9.17) is 0 Å². The predicted molar refractivity (Wildman–Crippen MR) is 112 cm³/mol. The fraction of sp³-hybridized carbons (Fsp3) is 0.375. The Kier molecular flexibility index (Phi) is 4.88. The van der Waals surface area contributed by atoms with Crippen LogP contribution in [0.1, 0.15) is 60.4 Å². The molecule has 1 amide bonds. The number of aromatic nitrogens is 3. The Labute approximate surface area is 171 Å². The van der Waals surface area contributed by atoms with Gasteiger partial charge in [0.25, 0.3) is 0 Å². The van der Waals surface area contributed by atoms with Crippen LogP contribution in [0.4, 0.5) is 0 Å². The Morgan fingerprint density at radius 3 is 2.24 bits per heavy atom. The minimum atomic E-state index is 0.0804. The lowest BCUT2D eigenvalue weighted by molar-refractivity contribution is -0.130. The lowest BCUT2D eigenvalue weighted by Gasteiger charge is -2.22. The van der Waals surface area contributed by atoms with Crippen molar-refractivity contribution in [1.29, 1.82) is 0 Å². The molecule has 5 nitrogen and oxygen atoms in total. The number of hydrogen-bond acceptors (Lipinski definition) is 3. The van der Waals surface area contributed by atoms with Crippen molar-refractivity contribution in [2.24, 2.45) is 0 Å². The van der Waals surface area contributed by atoms with E-state index in [1.807, 2.05) is 46.0 Å². The predicted octanol–water partition coefficient (Wildman–Crippen LogP) is 4.15. The molecule has 1 atom stereocenters. The number of hydrogen-bond donors (Lipinski definition) is 0. The van der Waals surface area contributed by atoms with Crippen LogP contribution in [0.25, 0.3) is 0 Å². The monoisotopic (exact) mass is 386 g/mol.